The van der Waals surface area contributed by atoms with Crippen molar-refractivity contribution in [3.63, 3.8) is 0 Å². The molecule has 0 atom stereocenters. The molecule has 0 saturated heterocycles. The van der Waals surface area contributed by atoms with Crippen LogP contribution in [0.5, 0.6) is 0 Å². The quantitative estimate of drug-likeness (QED) is 0.176. The van der Waals surface area contributed by atoms with Gasteiger partial charge in [0.1, 0.15) is 0 Å². The average molecular weight is 499 g/mol. The molecule has 0 amide bonds. The number of hydrogen-bond acceptors (Lipinski definition) is 2. The van der Waals surface area contributed by atoms with E-state index in [1.54, 1.807) is 0 Å². The van der Waals surface area contributed by atoms with Gasteiger partial charge in [0.2, 0.25) is 0 Å². The summed E-state index contributed by atoms with van der Waals surface area (Å²) in [6.45, 7) is 5.99. The number of unbranched alkanes of at least 4 members (excludes halogenated alkanes) is 4. The highest BCUT2D eigenvalue weighted by Gasteiger charge is 2.03. The fourth-order valence-electron chi connectivity index (χ4n) is 3.26. The van der Waals surface area contributed by atoms with Gasteiger partial charge in [0, 0.05) is 36.7 Å². The summed E-state index contributed by atoms with van der Waals surface area (Å²) in [7, 11) is 4.28. The molecule has 0 aliphatic rings. The van der Waals surface area contributed by atoms with Crippen molar-refractivity contribution in [2.45, 2.75) is 45.4 Å². The predicted molar refractivity (Wildman–Crippen MR) is 133 cm³/mol. The van der Waals surface area contributed by atoms with Crippen molar-refractivity contribution < 1.29 is 0 Å². The van der Waals surface area contributed by atoms with E-state index < -0.39 is 0 Å². The van der Waals surface area contributed by atoms with Crippen LogP contribution in [-0.2, 0) is 6.42 Å². The second-order valence-electron chi connectivity index (χ2n) is 7.37. The molecule has 2 aromatic rings. The lowest BCUT2D eigenvalue weighted by atomic mass is 10.1. The van der Waals surface area contributed by atoms with Crippen LogP contribution in [0.4, 0.5) is 0 Å². The van der Waals surface area contributed by atoms with E-state index in [0.29, 0.717) is 0 Å². The Morgan fingerprint density at radius 3 is 2.57 bits per heavy atom. The normalized spacial score (nSPS) is 11.6. The number of guanidine groups is 1. The first-order valence-corrected chi connectivity index (χ1v) is 10.4. The van der Waals surface area contributed by atoms with Crippen molar-refractivity contribution in [1.82, 2.24) is 20.5 Å². The highest BCUT2D eigenvalue weighted by atomic mass is 127. The highest BCUT2D eigenvalue weighted by molar-refractivity contribution is 14.0. The minimum absolute atomic E-state index is 0. The molecular weight excluding hydrogens is 461 g/mol. The summed E-state index contributed by atoms with van der Waals surface area (Å²) in [5.41, 5.74) is 2.56. The molecule has 3 N–H and O–H groups in total. The molecule has 0 saturated carbocycles. The molecule has 1 aromatic carbocycles. The minimum atomic E-state index is 0. The Balaban J connectivity index is 0.00000392. The maximum atomic E-state index is 4.72. The summed E-state index contributed by atoms with van der Waals surface area (Å²) < 4.78 is 0. The van der Waals surface area contributed by atoms with Crippen LogP contribution in [0.15, 0.2) is 35.5 Å². The molecule has 5 nitrogen and oxygen atoms in total. The van der Waals surface area contributed by atoms with Crippen LogP contribution in [0.1, 0.15) is 44.6 Å². The number of halogens is 1. The number of rotatable bonds is 12. The fourth-order valence-corrected chi connectivity index (χ4v) is 3.26. The molecule has 158 valence electrons. The molecule has 0 bridgehead atoms. The average Bonchev–Trinajstić information content (AvgIpc) is 3.07. The van der Waals surface area contributed by atoms with Gasteiger partial charge in [-0.25, -0.2) is 0 Å². The van der Waals surface area contributed by atoms with Gasteiger partial charge in [-0.15, -0.1) is 24.0 Å². The summed E-state index contributed by atoms with van der Waals surface area (Å²) in [6, 6.07) is 8.47. The Hall–Kier alpha value is -1.28. The lowest BCUT2D eigenvalue weighted by Crippen LogP contribution is -2.38. The second-order valence-corrected chi connectivity index (χ2v) is 7.37. The molecule has 1 heterocycles. The Labute approximate surface area is 187 Å². The van der Waals surface area contributed by atoms with Crippen LogP contribution in [0.25, 0.3) is 10.9 Å². The first-order valence-electron chi connectivity index (χ1n) is 10.4. The Bertz CT molecular complexity index is 680. The smallest absolute Gasteiger partial charge is 0.191 e. The topological polar surface area (TPSA) is 55.5 Å². The molecule has 0 fully saturated rings. The molecule has 0 spiro atoms. The summed E-state index contributed by atoms with van der Waals surface area (Å²) in [4.78, 5) is 10.3. The fraction of sp³-hybridized carbons (Fsp3) is 0.591. The summed E-state index contributed by atoms with van der Waals surface area (Å²) in [6.07, 6.45) is 9.48. The van der Waals surface area contributed by atoms with Crippen LogP contribution in [0.3, 0.4) is 0 Å². The monoisotopic (exact) mass is 499 g/mol. The molecule has 0 aliphatic heterocycles. The maximum Gasteiger partial charge on any atom is 0.191 e. The second kappa shape index (κ2) is 14.7. The zero-order valence-electron chi connectivity index (χ0n) is 17.8. The number of nitrogens with zero attached hydrogens (tertiary/aromatic N) is 2. The molecule has 6 heteroatoms. The first kappa shape index (κ1) is 24.8. The van der Waals surface area contributed by atoms with Crippen LogP contribution < -0.4 is 10.6 Å². The van der Waals surface area contributed by atoms with Crippen molar-refractivity contribution in [3.05, 3.63) is 36.0 Å². The van der Waals surface area contributed by atoms with E-state index in [2.05, 4.69) is 72.0 Å². The summed E-state index contributed by atoms with van der Waals surface area (Å²) >= 11 is 0. The van der Waals surface area contributed by atoms with Gasteiger partial charge in [-0.3, -0.25) is 4.99 Å². The van der Waals surface area contributed by atoms with Gasteiger partial charge in [0.05, 0.1) is 0 Å². The minimum Gasteiger partial charge on any atom is -0.361 e. The number of aliphatic imine (C=N–C) groups is 1. The number of aromatic nitrogens is 1. The van der Waals surface area contributed by atoms with E-state index in [4.69, 9.17) is 4.99 Å². The zero-order chi connectivity index (χ0) is 19.3. The van der Waals surface area contributed by atoms with Crippen molar-refractivity contribution in [3.8, 4) is 0 Å². The Morgan fingerprint density at radius 1 is 1.04 bits per heavy atom. The van der Waals surface area contributed by atoms with Crippen molar-refractivity contribution >= 4 is 40.8 Å². The standard InChI is InChI=1S/C22H37N5.HI/c1-4-23-22(24-15-10-6-5-7-11-17-27(2)3)25-16-14-19-18-26-21-13-9-8-12-20(19)21;/h8-9,12-13,18,26H,4-7,10-11,14-17H2,1-3H3,(H2,23,24,25);1H. The summed E-state index contributed by atoms with van der Waals surface area (Å²) in [5, 5.41) is 8.13. The van der Waals surface area contributed by atoms with Crippen molar-refractivity contribution in [2.24, 2.45) is 4.99 Å². The number of benzene rings is 1. The largest absolute Gasteiger partial charge is 0.361 e. The third-order valence-electron chi connectivity index (χ3n) is 4.74. The first-order chi connectivity index (χ1) is 13.2. The van der Waals surface area contributed by atoms with E-state index in [1.165, 1.54) is 55.1 Å². The molecule has 0 unspecified atom stereocenters. The molecule has 2 rings (SSSR count). The molecule has 1 aromatic heterocycles. The van der Waals surface area contributed by atoms with Crippen LogP contribution >= 0.6 is 24.0 Å². The Morgan fingerprint density at radius 2 is 1.79 bits per heavy atom. The Kier molecular flexibility index (Phi) is 13.0. The third kappa shape index (κ3) is 9.28. The van der Waals surface area contributed by atoms with Gasteiger partial charge in [0.25, 0.3) is 0 Å². The lowest BCUT2D eigenvalue weighted by Gasteiger charge is -2.11. The maximum absolute atomic E-state index is 4.72. The van der Waals surface area contributed by atoms with E-state index in [0.717, 1.165) is 32.0 Å². The van der Waals surface area contributed by atoms with Gasteiger partial charge in [-0.05, 0) is 58.5 Å². The van der Waals surface area contributed by atoms with E-state index >= 15 is 0 Å². The van der Waals surface area contributed by atoms with Gasteiger partial charge < -0.3 is 20.5 Å². The van der Waals surface area contributed by atoms with Gasteiger partial charge in [-0.1, -0.05) is 37.5 Å². The number of aromatic amines is 1. The van der Waals surface area contributed by atoms with Gasteiger partial charge in [-0.2, -0.15) is 0 Å². The zero-order valence-corrected chi connectivity index (χ0v) is 20.1. The molecule has 28 heavy (non-hydrogen) atoms. The molecule has 0 radical (unpaired) electrons. The third-order valence-corrected chi connectivity index (χ3v) is 4.74. The van der Waals surface area contributed by atoms with Crippen LogP contribution in [0.2, 0.25) is 0 Å². The van der Waals surface area contributed by atoms with E-state index in [1.807, 2.05) is 0 Å². The summed E-state index contributed by atoms with van der Waals surface area (Å²) in [5.74, 6) is 0.935. The number of H-pyrrole nitrogens is 1. The number of nitrogens with one attached hydrogen (secondary N) is 3. The highest BCUT2D eigenvalue weighted by Crippen LogP contribution is 2.17. The van der Waals surface area contributed by atoms with Crippen molar-refractivity contribution in [1.29, 1.82) is 0 Å². The lowest BCUT2D eigenvalue weighted by molar-refractivity contribution is 0.390. The number of fused-ring (bicyclic) bond motifs is 1. The van der Waals surface area contributed by atoms with E-state index in [-0.39, 0.29) is 24.0 Å². The SMILES string of the molecule is CCNC(=NCCCCCCCN(C)C)NCCc1c[nH]c2ccccc12.I. The van der Waals surface area contributed by atoms with Crippen LogP contribution in [0, 0.1) is 0 Å². The molecular formula is C22H38IN5. The number of hydrogen-bond donors (Lipinski definition) is 3. The van der Waals surface area contributed by atoms with Gasteiger partial charge in [0.15, 0.2) is 5.96 Å². The van der Waals surface area contributed by atoms with Gasteiger partial charge >= 0.3 is 0 Å². The van der Waals surface area contributed by atoms with Crippen LogP contribution in [-0.4, -0.2) is 56.1 Å². The molecule has 0 aliphatic carbocycles. The predicted octanol–water partition coefficient (Wildman–Crippen LogP) is 4.40. The number of para-hydroxylation sites is 1. The van der Waals surface area contributed by atoms with E-state index in [9.17, 15) is 0 Å². The van der Waals surface area contributed by atoms with Crippen molar-refractivity contribution in [2.75, 3.05) is 40.3 Å².